The summed E-state index contributed by atoms with van der Waals surface area (Å²) in [6.45, 7) is -0.506. The molecule has 0 aliphatic rings. The lowest BCUT2D eigenvalue weighted by atomic mass is 10.1. The van der Waals surface area contributed by atoms with E-state index in [1.807, 2.05) is 0 Å². The van der Waals surface area contributed by atoms with E-state index in [1.165, 1.54) is 36.4 Å². The van der Waals surface area contributed by atoms with Crippen LogP contribution in [0.3, 0.4) is 0 Å². The van der Waals surface area contributed by atoms with Gasteiger partial charge in [-0.3, -0.25) is 4.79 Å². The van der Waals surface area contributed by atoms with Crippen LogP contribution >= 0.6 is 23.2 Å². The Morgan fingerprint density at radius 2 is 1.58 bits per heavy atom. The van der Waals surface area contributed by atoms with E-state index in [9.17, 15) is 18.0 Å². The molecule has 0 heterocycles. The Morgan fingerprint density at radius 1 is 1.00 bits per heavy atom. The van der Waals surface area contributed by atoms with Crippen LogP contribution in [0, 0.1) is 0 Å². The van der Waals surface area contributed by atoms with Crippen molar-refractivity contribution in [1.82, 2.24) is 0 Å². The van der Waals surface area contributed by atoms with E-state index >= 15 is 0 Å². The number of hydrogen-bond donors (Lipinski definition) is 1. The molecule has 0 aromatic heterocycles. The predicted molar refractivity (Wildman–Crippen MR) is 88.9 cm³/mol. The number of sulfonamides is 1. The van der Waals surface area contributed by atoms with Gasteiger partial charge in [-0.05, 0) is 42.5 Å². The van der Waals surface area contributed by atoms with E-state index in [-0.39, 0.29) is 10.6 Å². The van der Waals surface area contributed by atoms with Crippen LogP contribution in [0.2, 0.25) is 10.0 Å². The molecule has 2 N–H and O–H groups in total. The molecule has 6 nitrogen and oxygen atoms in total. The number of halogens is 2. The molecule has 0 aliphatic carbocycles. The van der Waals surface area contributed by atoms with Gasteiger partial charge in [0.25, 0.3) is 0 Å². The van der Waals surface area contributed by atoms with E-state index in [0.29, 0.717) is 10.6 Å². The fourth-order valence-electron chi connectivity index (χ4n) is 1.78. The number of carbonyl (C=O) groups is 2. The third-order valence-electron chi connectivity index (χ3n) is 2.97. The molecule has 0 radical (unpaired) electrons. The van der Waals surface area contributed by atoms with Crippen molar-refractivity contribution in [2.24, 2.45) is 5.14 Å². The zero-order valence-electron chi connectivity index (χ0n) is 12.0. The van der Waals surface area contributed by atoms with Gasteiger partial charge in [0, 0.05) is 10.6 Å². The molecule has 2 aromatic rings. The van der Waals surface area contributed by atoms with E-state index in [1.54, 1.807) is 0 Å². The molecule has 0 atom stereocenters. The lowest BCUT2D eigenvalue weighted by Crippen LogP contribution is -2.16. The highest BCUT2D eigenvalue weighted by atomic mass is 35.5. The highest BCUT2D eigenvalue weighted by Crippen LogP contribution is 2.22. The van der Waals surface area contributed by atoms with Crippen molar-refractivity contribution in [2.75, 3.05) is 6.61 Å². The number of primary sulfonamides is 1. The average molecular weight is 388 g/mol. The number of nitrogens with two attached hydrogens (primary N) is 1. The Balaban J connectivity index is 2.10. The zero-order chi connectivity index (χ0) is 17.9. The third-order valence-corrected chi connectivity index (χ3v) is 4.62. The topological polar surface area (TPSA) is 104 Å². The van der Waals surface area contributed by atoms with Crippen molar-refractivity contribution in [1.29, 1.82) is 0 Å². The highest BCUT2D eigenvalue weighted by molar-refractivity contribution is 7.89. The van der Waals surface area contributed by atoms with Gasteiger partial charge < -0.3 is 4.74 Å². The second-order valence-electron chi connectivity index (χ2n) is 4.70. The lowest BCUT2D eigenvalue weighted by molar-refractivity contribution is 0.0474. The molecule has 2 aromatic carbocycles. The maximum Gasteiger partial charge on any atom is 0.338 e. The monoisotopic (exact) mass is 387 g/mol. The van der Waals surface area contributed by atoms with Crippen molar-refractivity contribution in [2.45, 2.75) is 4.90 Å². The van der Waals surface area contributed by atoms with E-state index < -0.39 is 33.3 Å². The van der Waals surface area contributed by atoms with E-state index in [0.717, 1.165) is 6.07 Å². The van der Waals surface area contributed by atoms with Gasteiger partial charge in [-0.2, -0.15) is 0 Å². The molecule has 2 rings (SSSR count). The smallest absolute Gasteiger partial charge is 0.338 e. The fourth-order valence-corrected chi connectivity index (χ4v) is 2.98. The summed E-state index contributed by atoms with van der Waals surface area (Å²) in [5, 5.41) is 5.36. The molecule has 0 saturated heterocycles. The van der Waals surface area contributed by atoms with Crippen LogP contribution in [0.5, 0.6) is 0 Å². The van der Waals surface area contributed by atoms with Gasteiger partial charge >= 0.3 is 5.97 Å². The Hall–Kier alpha value is -1.93. The minimum absolute atomic E-state index is 0.0904. The van der Waals surface area contributed by atoms with Crippen LogP contribution in [0.25, 0.3) is 0 Å². The number of carbonyl (C=O) groups excluding carboxylic acids is 2. The summed E-state index contributed by atoms with van der Waals surface area (Å²) in [5.41, 5.74) is 0.237. The van der Waals surface area contributed by atoms with Crippen molar-refractivity contribution >= 4 is 45.0 Å². The summed E-state index contributed by atoms with van der Waals surface area (Å²) < 4.78 is 27.6. The quantitative estimate of drug-likeness (QED) is 0.627. The summed E-state index contributed by atoms with van der Waals surface area (Å²) in [6.07, 6.45) is 0. The fraction of sp³-hybridized carbons (Fsp3) is 0.0667. The van der Waals surface area contributed by atoms with Gasteiger partial charge in [0.1, 0.15) is 4.90 Å². The first-order valence-corrected chi connectivity index (χ1v) is 8.77. The second kappa shape index (κ2) is 7.31. The second-order valence-corrected chi connectivity index (χ2v) is 7.07. The van der Waals surface area contributed by atoms with Gasteiger partial charge in [0.05, 0.1) is 10.6 Å². The molecular formula is C15H11Cl2NO5S. The number of Topliss-reactive ketones (excluding diaryl/α,β-unsaturated/α-hetero) is 1. The molecule has 0 fully saturated rings. The highest BCUT2D eigenvalue weighted by Gasteiger charge is 2.18. The number of rotatable bonds is 5. The summed E-state index contributed by atoms with van der Waals surface area (Å²) in [4.78, 5) is 23.5. The van der Waals surface area contributed by atoms with Gasteiger partial charge in [0.2, 0.25) is 10.0 Å². The molecule has 0 spiro atoms. The minimum atomic E-state index is -4.09. The Labute approximate surface area is 148 Å². The maximum atomic E-state index is 12.0. The van der Waals surface area contributed by atoms with Gasteiger partial charge in [-0.25, -0.2) is 18.4 Å². The molecule has 0 bridgehead atoms. The number of ether oxygens (including phenoxy) is 1. The van der Waals surface area contributed by atoms with Crippen LogP contribution in [0.15, 0.2) is 47.4 Å². The number of ketones is 1. The first kappa shape index (κ1) is 18.4. The summed E-state index contributed by atoms with van der Waals surface area (Å²) in [6, 6.07) is 9.54. The lowest BCUT2D eigenvalue weighted by Gasteiger charge is -2.07. The van der Waals surface area contributed by atoms with Crippen LogP contribution in [-0.2, 0) is 14.8 Å². The van der Waals surface area contributed by atoms with Crippen LogP contribution in [-0.4, -0.2) is 26.8 Å². The average Bonchev–Trinajstić information content (AvgIpc) is 2.52. The molecule has 9 heteroatoms. The Morgan fingerprint density at radius 3 is 2.17 bits per heavy atom. The van der Waals surface area contributed by atoms with Crippen LogP contribution in [0.4, 0.5) is 0 Å². The zero-order valence-corrected chi connectivity index (χ0v) is 14.4. The number of benzene rings is 2. The van der Waals surface area contributed by atoms with Gasteiger partial charge in [-0.1, -0.05) is 23.2 Å². The van der Waals surface area contributed by atoms with Crippen LogP contribution in [0.1, 0.15) is 20.7 Å². The number of esters is 1. The van der Waals surface area contributed by atoms with Crippen molar-refractivity contribution in [3.05, 3.63) is 63.6 Å². The molecule has 0 unspecified atom stereocenters. The van der Waals surface area contributed by atoms with E-state index in [4.69, 9.17) is 33.1 Å². The molecular weight excluding hydrogens is 377 g/mol. The van der Waals surface area contributed by atoms with Crippen LogP contribution < -0.4 is 5.14 Å². The number of hydrogen-bond acceptors (Lipinski definition) is 5. The maximum absolute atomic E-state index is 12.0. The third kappa shape index (κ3) is 4.55. The first-order chi connectivity index (χ1) is 11.2. The molecule has 0 aliphatic heterocycles. The van der Waals surface area contributed by atoms with Crippen molar-refractivity contribution < 1.29 is 22.7 Å². The molecule has 0 amide bonds. The standard InChI is InChI=1S/C15H11Cl2NO5S/c16-11-4-1-9(2-5-11)13(19)8-23-15(20)10-3-6-12(17)14(7-10)24(18,21)22/h1-7H,8H2,(H2,18,21,22). The summed E-state index contributed by atoms with van der Waals surface area (Å²) >= 11 is 11.5. The molecule has 126 valence electrons. The summed E-state index contributed by atoms with van der Waals surface area (Å²) in [5.74, 6) is -1.31. The van der Waals surface area contributed by atoms with Crippen molar-refractivity contribution in [3.8, 4) is 0 Å². The van der Waals surface area contributed by atoms with Gasteiger partial charge in [0.15, 0.2) is 12.4 Å². The Bertz CT molecular complexity index is 895. The summed E-state index contributed by atoms with van der Waals surface area (Å²) in [7, 11) is -4.09. The molecule has 24 heavy (non-hydrogen) atoms. The first-order valence-electron chi connectivity index (χ1n) is 6.47. The minimum Gasteiger partial charge on any atom is -0.454 e. The largest absolute Gasteiger partial charge is 0.454 e. The molecule has 0 saturated carbocycles. The Kier molecular flexibility index (Phi) is 5.61. The predicted octanol–water partition coefficient (Wildman–Crippen LogP) is 2.68. The van der Waals surface area contributed by atoms with Crippen molar-refractivity contribution in [3.63, 3.8) is 0 Å². The normalized spacial score (nSPS) is 11.1. The SMILES string of the molecule is NS(=O)(=O)c1cc(C(=O)OCC(=O)c2ccc(Cl)cc2)ccc1Cl. The van der Waals surface area contributed by atoms with E-state index in [2.05, 4.69) is 0 Å². The van der Waals surface area contributed by atoms with Gasteiger partial charge in [-0.15, -0.1) is 0 Å².